The van der Waals surface area contributed by atoms with Crippen LogP contribution >= 0.6 is 12.2 Å². The Balaban J connectivity index is 2.04. The molecule has 3 nitrogen and oxygen atoms in total. The molecule has 0 amide bonds. The lowest BCUT2D eigenvalue weighted by atomic mass is 9.98. The van der Waals surface area contributed by atoms with E-state index in [9.17, 15) is 0 Å². The summed E-state index contributed by atoms with van der Waals surface area (Å²) in [4.78, 5) is 5.47. The van der Waals surface area contributed by atoms with Gasteiger partial charge in [0.15, 0.2) is 0 Å². The van der Waals surface area contributed by atoms with E-state index in [0.29, 0.717) is 11.0 Å². The molecule has 1 fully saturated rings. The summed E-state index contributed by atoms with van der Waals surface area (Å²) < 4.78 is 0. The highest BCUT2D eigenvalue weighted by atomic mass is 32.1. The van der Waals surface area contributed by atoms with Gasteiger partial charge in [0.25, 0.3) is 0 Å². The maximum atomic E-state index is 5.94. The zero-order chi connectivity index (χ0) is 13.8. The predicted octanol–water partition coefficient (Wildman–Crippen LogP) is 1.69. The van der Waals surface area contributed by atoms with Crippen LogP contribution in [0.5, 0.6) is 0 Å². The third-order valence-corrected chi connectivity index (χ3v) is 4.31. The summed E-state index contributed by atoms with van der Waals surface area (Å²) >= 11 is 5.26. The lowest BCUT2D eigenvalue weighted by molar-refractivity contribution is 0.104. The molecule has 1 aliphatic heterocycles. The largest absolute Gasteiger partial charge is 0.393 e. The maximum Gasteiger partial charge on any atom is 0.0816 e. The first-order valence-corrected chi connectivity index (χ1v) is 7.25. The first-order chi connectivity index (χ1) is 9.08. The molecule has 1 heterocycles. The molecule has 2 unspecified atom stereocenters. The molecule has 19 heavy (non-hydrogen) atoms. The van der Waals surface area contributed by atoms with Crippen molar-refractivity contribution in [2.45, 2.75) is 18.9 Å². The molecule has 0 aromatic heterocycles. The van der Waals surface area contributed by atoms with Gasteiger partial charge in [0.1, 0.15) is 0 Å². The van der Waals surface area contributed by atoms with Gasteiger partial charge in [-0.3, -0.25) is 4.90 Å². The number of nitrogens with zero attached hydrogens (tertiary/aromatic N) is 2. The lowest BCUT2D eigenvalue weighted by Crippen LogP contribution is -2.51. The first-order valence-electron chi connectivity index (χ1n) is 6.85. The topological polar surface area (TPSA) is 32.5 Å². The average molecular weight is 277 g/mol. The Hall–Kier alpha value is -0.970. The Morgan fingerprint density at radius 3 is 2.63 bits per heavy atom. The standard InChI is InChI=1S/C15H23N3S/c1-12-10-18(9-8-17(12)2)11-14(15(16)19)13-6-4-3-5-7-13/h3-7,12,14H,8-11H2,1-2H3,(H2,16,19). The minimum Gasteiger partial charge on any atom is -0.393 e. The van der Waals surface area contributed by atoms with Gasteiger partial charge < -0.3 is 10.6 Å². The number of benzene rings is 1. The molecule has 2 N–H and O–H groups in total. The fraction of sp³-hybridized carbons (Fsp3) is 0.533. The Morgan fingerprint density at radius 2 is 2.05 bits per heavy atom. The number of rotatable bonds is 4. The van der Waals surface area contributed by atoms with Gasteiger partial charge in [0, 0.05) is 38.1 Å². The Kier molecular flexibility index (Phi) is 4.91. The minimum absolute atomic E-state index is 0.159. The van der Waals surface area contributed by atoms with Crippen molar-refractivity contribution < 1.29 is 0 Å². The highest BCUT2D eigenvalue weighted by Gasteiger charge is 2.24. The van der Waals surface area contributed by atoms with E-state index < -0.39 is 0 Å². The summed E-state index contributed by atoms with van der Waals surface area (Å²) in [6.07, 6.45) is 0. The van der Waals surface area contributed by atoms with Gasteiger partial charge in [-0.1, -0.05) is 42.5 Å². The molecule has 0 radical (unpaired) electrons. The van der Waals surface area contributed by atoms with Crippen LogP contribution in [0.4, 0.5) is 0 Å². The van der Waals surface area contributed by atoms with Crippen LogP contribution in [0.25, 0.3) is 0 Å². The van der Waals surface area contributed by atoms with Crippen LogP contribution in [0.2, 0.25) is 0 Å². The highest BCUT2D eigenvalue weighted by molar-refractivity contribution is 7.80. The summed E-state index contributed by atoms with van der Waals surface area (Å²) in [5.41, 5.74) is 7.17. The molecular weight excluding hydrogens is 254 g/mol. The smallest absolute Gasteiger partial charge is 0.0816 e. The van der Waals surface area contributed by atoms with Gasteiger partial charge in [-0.15, -0.1) is 0 Å². The Labute approximate surface area is 121 Å². The van der Waals surface area contributed by atoms with Crippen molar-refractivity contribution in [1.29, 1.82) is 0 Å². The van der Waals surface area contributed by atoms with Crippen LogP contribution in [0.3, 0.4) is 0 Å². The molecule has 104 valence electrons. The zero-order valence-corrected chi connectivity index (χ0v) is 12.6. The van der Waals surface area contributed by atoms with Crippen LogP contribution < -0.4 is 5.73 Å². The number of hydrogen-bond donors (Lipinski definition) is 1. The van der Waals surface area contributed by atoms with E-state index in [4.69, 9.17) is 18.0 Å². The molecule has 0 bridgehead atoms. The average Bonchev–Trinajstić information content (AvgIpc) is 2.40. The second-order valence-electron chi connectivity index (χ2n) is 5.45. The monoisotopic (exact) mass is 277 g/mol. The van der Waals surface area contributed by atoms with Crippen molar-refractivity contribution in [3.05, 3.63) is 35.9 Å². The lowest BCUT2D eigenvalue weighted by Gasteiger charge is -2.39. The summed E-state index contributed by atoms with van der Waals surface area (Å²) in [6.45, 7) is 6.48. The van der Waals surface area contributed by atoms with E-state index in [1.54, 1.807) is 0 Å². The van der Waals surface area contributed by atoms with Gasteiger partial charge in [-0.2, -0.15) is 0 Å². The van der Waals surface area contributed by atoms with Crippen molar-refractivity contribution in [1.82, 2.24) is 9.80 Å². The fourth-order valence-electron chi connectivity index (χ4n) is 2.59. The Bertz CT molecular complexity index is 421. The Morgan fingerprint density at radius 1 is 1.37 bits per heavy atom. The molecule has 0 spiro atoms. The van der Waals surface area contributed by atoms with E-state index in [1.807, 2.05) is 18.2 Å². The molecule has 1 aromatic rings. The summed E-state index contributed by atoms with van der Waals surface area (Å²) in [7, 11) is 2.18. The van der Waals surface area contributed by atoms with E-state index in [2.05, 4.69) is 35.9 Å². The van der Waals surface area contributed by atoms with Gasteiger partial charge in [0.2, 0.25) is 0 Å². The molecule has 1 saturated heterocycles. The van der Waals surface area contributed by atoms with Crippen molar-refractivity contribution in [2.75, 3.05) is 33.2 Å². The third-order valence-electron chi connectivity index (χ3n) is 4.03. The second-order valence-corrected chi connectivity index (χ2v) is 5.93. The zero-order valence-electron chi connectivity index (χ0n) is 11.7. The number of thiocarbonyl (C=S) groups is 1. The quantitative estimate of drug-likeness (QED) is 0.849. The van der Waals surface area contributed by atoms with Crippen LogP contribution in [-0.2, 0) is 0 Å². The molecule has 2 rings (SSSR count). The van der Waals surface area contributed by atoms with Crippen LogP contribution in [-0.4, -0.2) is 54.1 Å². The highest BCUT2D eigenvalue weighted by Crippen LogP contribution is 2.19. The van der Waals surface area contributed by atoms with E-state index in [1.165, 1.54) is 5.56 Å². The van der Waals surface area contributed by atoms with Crippen molar-refractivity contribution in [3.8, 4) is 0 Å². The SMILES string of the molecule is CC1CN(CC(C(N)=S)c2ccccc2)CCN1C. The maximum absolute atomic E-state index is 5.94. The molecule has 2 atom stereocenters. The molecular formula is C15H23N3S. The summed E-state index contributed by atoms with van der Waals surface area (Å²) in [5, 5.41) is 0. The molecule has 4 heteroatoms. The molecule has 1 aliphatic rings. The minimum atomic E-state index is 0.159. The number of likely N-dealkylation sites (N-methyl/N-ethyl adjacent to an activating group) is 1. The second kappa shape index (κ2) is 6.46. The van der Waals surface area contributed by atoms with Gasteiger partial charge in [-0.25, -0.2) is 0 Å². The van der Waals surface area contributed by atoms with Crippen molar-refractivity contribution in [3.63, 3.8) is 0 Å². The normalized spacial score (nSPS) is 23.2. The first kappa shape index (κ1) is 14.4. The molecule has 1 aromatic carbocycles. The van der Waals surface area contributed by atoms with Gasteiger partial charge in [0.05, 0.1) is 4.99 Å². The van der Waals surface area contributed by atoms with Gasteiger partial charge >= 0.3 is 0 Å². The number of nitrogens with two attached hydrogens (primary N) is 1. The van der Waals surface area contributed by atoms with Crippen molar-refractivity contribution in [2.24, 2.45) is 5.73 Å². The van der Waals surface area contributed by atoms with E-state index in [-0.39, 0.29) is 5.92 Å². The van der Waals surface area contributed by atoms with Crippen LogP contribution in [0.15, 0.2) is 30.3 Å². The van der Waals surface area contributed by atoms with Crippen LogP contribution in [0, 0.1) is 0 Å². The van der Waals surface area contributed by atoms with Crippen molar-refractivity contribution >= 4 is 17.2 Å². The summed E-state index contributed by atoms with van der Waals surface area (Å²) in [6, 6.07) is 10.9. The molecule has 0 saturated carbocycles. The number of piperazine rings is 1. The number of hydrogen-bond acceptors (Lipinski definition) is 3. The molecule has 0 aliphatic carbocycles. The third kappa shape index (κ3) is 3.75. The summed E-state index contributed by atoms with van der Waals surface area (Å²) in [5.74, 6) is 0.159. The van der Waals surface area contributed by atoms with E-state index in [0.717, 1.165) is 26.2 Å². The van der Waals surface area contributed by atoms with E-state index >= 15 is 0 Å². The predicted molar refractivity (Wildman–Crippen MR) is 84.5 cm³/mol. The van der Waals surface area contributed by atoms with Crippen LogP contribution in [0.1, 0.15) is 18.4 Å². The fourth-order valence-corrected chi connectivity index (χ4v) is 2.80. The van der Waals surface area contributed by atoms with Gasteiger partial charge in [-0.05, 0) is 19.5 Å².